The summed E-state index contributed by atoms with van der Waals surface area (Å²) >= 11 is 7.43. The molecule has 0 spiro atoms. The molecule has 0 saturated carbocycles. The molecule has 3 aromatic carbocycles. The van der Waals surface area contributed by atoms with Crippen molar-refractivity contribution in [2.75, 3.05) is 4.90 Å². The molecule has 7 heteroatoms. The number of aromatic nitrogens is 1. The van der Waals surface area contributed by atoms with Gasteiger partial charge in [0.1, 0.15) is 23.3 Å². The van der Waals surface area contributed by atoms with Gasteiger partial charge in [0.05, 0.1) is 11.7 Å². The topological polar surface area (TPSA) is 50.5 Å². The van der Waals surface area contributed by atoms with Crippen molar-refractivity contribution in [3.63, 3.8) is 0 Å². The summed E-state index contributed by atoms with van der Waals surface area (Å²) in [5.74, 6) is 2.36. The fourth-order valence-electron chi connectivity index (χ4n) is 4.37. The first-order chi connectivity index (χ1) is 18.2. The van der Waals surface area contributed by atoms with Gasteiger partial charge in [0, 0.05) is 16.8 Å². The molecule has 0 bridgehead atoms. The molecule has 1 N–H and O–H groups in total. The lowest BCUT2D eigenvalue weighted by Gasteiger charge is -2.26. The maximum atomic E-state index is 6.40. The van der Waals surface area contributed by atoms with Crippen molar-refractivity contribution in [1.82, 2.24) is 10.3 Å². The third kappa shape index (κ3) is 5.09. The number of rotatable bonds is 7. The van der Waals surface area contributed by atoms with Gasteiger partial charge in [-0.3, -0.25) is 4.98 Å². The minimum absolute atomic E-state index is 0.172. The Bertz CT molecular complexity index is 1480. The number of nitrogens with one attached hydrogen (secondary N) is 1. The fraction of sp³-hybridized carbons (Fsp3) is 0.0667. The molecule has 1 aliphatic rings. The van der Waals surface area contributed by atoms with Crippen molar-refractivity contribution in [3.8, 4) is 11.5 Å². The summed E-state index contributed by atoms with van der Waals surface area (Å²) in [6.45, 7) is 0. The molecule has 0 aliphatic carbocycles. The van der Waals surface area contributed by atoms with Gasteiger partial charge in [0.25, 0.3) is 0 Å². The Balaban J connectivity index is 1.32. The Morgan fingerprint density at radius 2 is 1.49 bits per heavy atom. The van der Waals surface area contributed by atoms with Crippen LogP contribution in [-0.4, -0.2) is 10.1 Å². The minimum atomic E-state index is -0.214. The number of para-hydroxylation sites is 1. The standard InChI is InChI=1S/C30H23N3O2S2/c36-30-32-28(25-13-7-8-20-31-25)29(26-18-19-27(35-26)37-24-11-5-2-6-12-24)33(30)21-14-16-23(17-15-21)34-22-9-3-1-4-10-22/h1-20,28-29H,(H,32,36)/t28-,29-/m1/s1. The maximum absolute atomic E-state index is 6.40. The highest BCUT2D eigenvalue weighted by Crippen LogP contribution is 2.43. The van der Waals surface area contributed by atoms with Gasteiger partial charge in [-0.2, -0.15) is 0 Å². The summed E-state index contributed by atoms with van der Waals surface area (Å²) in [6.07, 6.45) is 1.80. The van der Waals surface area contributed by atoms with Crippen molar-refractivity contribution in [3.05, 3.63) is 133 Å². The van der Waals surface area contributed by atoms with Gasteiger partial charge in [-0.15, -0.1) is 0 Å². The summed E-state index contributed by atoms with van der Waals surface area (Å²) in [7, 11) is 0. The molecule has 5 aromatic rings. The number of hydrogen-bond donors (Lipinski definition) is 1. The lowest BCUT2D eigenvalue weighted by Crippen LogP contribution is -2.29. The van der Waals surface area contributed by atoms with E-state index in [2.05, 4.69) is 27.3 Å². The van der Waals surface area contributed by atoms with Crippen molar-refractivity contribution >= 4 is 34.8 Å². The molecule has 5 nitrogen and oxygen atoms in total. The Hall–Kier alpha value is -4.07. The highest BCUT2D eigenvalue weighted by Gasteiger charge is 2.42. The molecule has 2 atom stereocenters. The number of anilines is 1. The van der Waals surface area contributed by atoms with E-state index in [0.29, 0.717) is 5.11 Å². The SMILES string of the molecule is S=C1N[C@H](c2ccccn2)[C@@H](c2ccc(Sc3ccccc3)o2)N1c1ccc(Oc2ccccc2)cc1. The molecule has 1 aliphatic heterocycles. The van der Waals surface area contributed by atoms with Gasteiger partial charge in [0.15, 0.2) is 10.2 Å². The first-order valence-electron chi connectivity index (χ1n) is 11.9. The molecule has 37 heavy (non-hydrogen) atoms. The van der Waals surface area contributed by atoms with Crippen LogP contribution in [0.2, 0.25) is 0 Å². The average molecular weight is 522 g/mol. The monoisotopic (exact) mass is 521 g/mol. The summed E-state index contributed by atoms with van der Waals surface area (Å²) < 4.78 is 12.4. The van der Waals surface area contributed by atoms with Gasteiger partial charge in [-0.05, 0) is 85.0 Å². The molecule has 182 valence electrons. The lowest BCUT2D eigenvalue weighted by molar-refractivity contribution is 0.383. The zero-order valence-corrected chi connectivity index (χ0v) is 21.4. The van der Waals surface area contributed by atoms with Crippen molar-refractivity contribution in [1.29, 1.82) is 0 Å². The maximum Gasteiger partial charge on any atom is 0.174 e. The van der Waals surface area contributed by atoms with E-state index in [4.69, 9.17) is 21.4 Å². The lowest BCUT2D eigenvalue weighted by atomic mass is 10.0. The molecule has 0 unspecified atom stereocenters. The second kappa shape index (κ2) is 10.5. The predicted octanol–water partition coefficient (Wildman–Crippen LogP) is 7.80. The molecule has 0 amide bonds. The summed E-state index contributed by atoms with van der Waals surface area (Å²) in [4.78, 5) is 7.83. The average Bonchev–Trinajstić information content (AvgIpc) is 3.54. The molecule has 1 fully saturated rings. The fourth-order valence-corrected chi connectivity index (χ4v) is 5.52. The predicted molar refractivity (Wildman–Crippen MR) is 150 cm³/mol. The number of hydrogen-bond acceptors (Lipinski definition) is 5. The van der Waals surface area contributed by atoms with Crippen LogP contribution in [0.15, 0.2) is 136 Å². The number of nitrogens with zero attached hydrogens (tertiary/aromatic N) is 2. The van der Waals surface area contributed by atoms with Crippen LogP contribution >= 0.6 is 24.0 Å². The second-order valence-electron chi connectivity index (χ2n) is 8.48. The zero-order chi connectivity index (χ0) is 25.0. The van der Waals surface area contributed by atoms with Crippen molar-refractivity contribution in [2.45, 2.75) is 22.1 Å². The molecular weight excluding hydrogens is 498 g/mol. The summed E-state index contributed by atoms with van der Waals surface area (Å²) in [5, 5.41) is 4.92. The summed E-state index contributed by atoms with van der Waals surface area (Å²) in [6, 6.07) is 37.4. The number of furan rings is 1. The van der Waals surface area contributed by atoms with Crippen molar-refractivity contribution < 1.29 is 9.15 Å². The largest absolute Gasteiger partial charge is 0.457 e. The van der Waals surface area contributed by atoms with Crippen LogP contribution in [-0.2, 0) is 0 Å². The van der Waals surface area contributed by atoms with Gasteiger partial charge in [0.2, 0.25) is 0 Å². The van der Waals surface area contributed by atoms with E-state index in [1.165, 1.54) is 0 Å². The molecule has 0 radical (unpaired) electrons. The van der Waals surface area contributed by atoms with E-state index < -0.39 is 0 Å². The van der Waals surface area contributed by atoms with Gasteiger partial charge < -0.3 is 19.4 Å². The summed E-state index contributed by atoms with van der Waals surface area (Å²) in [5.41, 5.74) is 1.84. The number of benzene rings is 3. The minimum Gasteiger partial charge on any atom is -0.457 e. The van der Waals surface area contributed by atoms with E-state index >= 15 is 0 Å². The van der Waals surface area contributed by atoms with Crippen LogP contribution in [0.1, 0.15) is 23.5 Å². The van der Waals surface area contributed by atoms with Crippen molar-refractivity contribution in [2.24, 2.45) is 0 Å². The first-order valence-corrected chi connectivity index (χ1v) is 13.1. The van der Waals surface area contributed by atoms with E-state index in [0.717, 1.165) is 38.6 Å². The smallest absolute Gasteiger partial charge is 0.174 e. The van der Waals surface area contributed by atoms with Crippen LogP contribution in [0.25, 0.3) is 0 Å². The van der Waals surface area contributed by atoms with Gasteiger partial charge in [-0.1, -0.05) is 54.2 Å². The van der Waals surface area contributed by atoms with Gasteiger partial charge >= 0.3 is 0 Å². The van der Waals surface area contributed by atoms with Crippen LogP contribution in [0, 0.1) is 0 Å². The van der Waals surface area contributed by atoms with E-state index in [9.17, 15) is 0 Å². The Morgan fingerprint density at radius 3 is 2.22 bits per heavy atom. The van der Waals surface area contributed by atoms with Crippen LogP contribution < -0.4 is 15.0 Å². The Morgan fingerprint density at radius 1 is 0.784 bits per heavy atom. The zero-order valence-electron chi connectivity index (χ0n) is 19.7. The van der Waals surface area contributed by atoms with E-state index in [1.807, 2.05) is 103 Å². The van der Waals surface area contributed by atoms with Gasteiger partial charge in [-0.25, -0.2) is 0 Å². The molecule has 3 heterocycles. The van der Waals surface area contributed by atoms with E-state index in [-0.39, 0.29) is 12.1 Å². The highest BCUT2D eigenvalue weighted by atomic mass is 32.2. The first kappa shape index (κ1) is 23.3. The number of thiocarbonyl (C=S) groups is 1. The quantitative estimate of drug-likeness (QED) is 0.219. The van der Waals surface area contributed by atoms with E-state index in [1.54, 1.807) is 18.0 Å². The van der Waals surface area contributed by atoms with Crippen LogP contribution in [0.4, 0.5) is 5.69 Å². The highest BCUT2D eigenvalue weighted by molar-refractivity contribution is 7.99. The number of pyridine rings is 1. The van der Waals surface area contributed by atoms with Crippen LogP contribution in [0.5, 0.6) is 11.5 Å². The normalized spacial score (nSPS) is 17.0. The molecule has 6 rings (SSSR count). The molecular formula is C30H23N3O2S2. The third-order valence-electron chi connectivity index (χ3n) is 6.05. The molecule has 2 aromatic heterocycles. The number of ether oxygens (including phenoxy) is 1. The molecule has 1 saturated heterocycles. The third-order valence-corrected chi connectivity index (χ3v) is 7.29. The van der Waals surface area contributed by atoms with Crippen LogP contribution in [0.3, 0.4) is 0 Å². The Kier molecular flexibility index (Phi) is 6.62. The Labute approximate surface area is 225 Å². The second-order valence-corrected chi connectivity index (χ2v) is 9.94.